The van der Waals surface area contributed by atoms with Crippen LogP contribution in [0.4, 0.5) is 11.4 Å². The van der Waals surface area contributed by atoms with E-state index < -0.39 is 29.0 Å². The molecule has 33 heavy (non-hydrogen) atoms. The van der Waals surface area contributed by atoms with Gasteiger partial charge < -0.3 is 20.3 Å². The molecule has 2 aromatic rings. The Morgan fingerprint density at radius 1 is 1.18 bits per heavy atom. The third-order valence-electron chi connectivity index (χ3n) is 7.60. The normalized spacial score (nSPS) is 29.6. The Balaban J connectivity index is 1.55. The molecule has 3 atom stereocenters. The SMILES string of the molecule is COc1ccc(C(=O)O)cc1Nc1cnn(C23C[C@@H]4CC(C[C@H](C4)C2)[C@H]3C(=O)O)c(=O)c1Cl. The molecule has 0 aliphatic heterocycles. The van der Waals surface area contributed by atoms with Crippen LogP contribution in [0.25, 0.3) is 0 Å². The van der Waals surface area contributed by atoms with Gasteiger partial charge >= 0.3 is 11.9 Å². The van der Waals surface area contributed by atoms with Crippen LogP contribution in [0.2, 0.25) is 5.02 Å². The maximum Gasteiger partial charge on any atom is 0.335 e. The van der Waals surface area contributed by atoms with Crippen molar-refractivity contribution in [2.45, 2.75) is 37.6 Å². The van der Waals surface area contributed by atoms with Gasteiger partial charge in [0.25, 0.3) is 5.56 Å². The van der Waals surface area contributed by atoms with E-state index in [1.165, 1.54) is 36.2 Å². The topological polar surface area (TPSA) is 131 Å². The predicted molar refractivity (Wildman–Crippen MR) is 119 cm³/mol. The number of hydrogen-bond donors (Lipinski definition) is 3. The van der Waals surface area contributed by atoms with Gasteiger partial charge in [0.1, 0.15) is 10.8 Å². The summed E-state index contributed by atoms with van der Waals surface area (Å²) in [6.45, 7) is 0. The molecule has 0 amide bonds. The van der Waals surface area contributed by atoms with Crippen molar-refractivity contribution in [2.24, 2.45) is 23.7 Å². The first kappa shape index (κ1) is 21.8. The highest BCUT2D eigenvalue weighted by atomic mass is 35.5. The zero-order chi connectivity index (χ0) is 23.5. The Hall–Kier alpha value is -3.07. The lowest BCUT2D eigenvalue weighted by atomic mass is 9.48. The lowest BCUT2D eigenvalue weighted by Crippen LogP contribution is -2.63. The number of carbonyl (C=O) groups is 2. The van der Waals surface area contributed by atoms with Crippen molar-refractivity contribution < 1.29 is 24.5 Å². The van der Waals surface area contributed by atoms with Crippen LogP contribution in [-0.2, 0) is 10.3 Å². The van der Waals surface area contributed by atoms with Gasteiger partial charge in [-0.2, -0.15) is 5.10 Å². The van der Waals surface area contributed by atoms with Crippen molar-refractivity contribution in [1.29, 1.82) is 0 Å². The summed E-state index contributed by atoms with van der Waals surface area (Å²) < 4.78 is 6.60. The molecule has 0 unspecified atom stereocenters. The van der Waals surface area contributed by atoms with Gasteiger partial charge in [-0.15, -0.1) is 0 Å². The van der Waals surface area contributed by atoms with Crippen molar-refractivity contribution in [3.8, 4) is 5.75 Å². The number of nitrogens with zero attached hydrogens (tertiary/aromatic N) is 2. The maximum absolute atomic E-state index is 13.4. The summed E-state index contributed by atoms with van der Waals surface area (Å²) in [5.41, 5.74) is -0.885. The minimum atomic E-state index is -1.11. The first-order valence-electron chi connectivity index (χ1n) is 10.9. The molecule has 4 aliphatic carbocycles. The van der Waals surface area contributed by atoms with Crippen LogP contribution in [0.5, 0.6) is 5.75 Å². The highest BCUT2D eigenvalue weighted by molar-refractivity contribution is 6.33. The van der Waals surface area contributed by atoms with Crippen molar-refractivity contribution in [3.63, 3.8) is 0 Å². The molecule has 174 valence electrons. The van der Waals surface area contributed by atoms with E-state index in [9.17, 15) is 24.6 Å². The molecule has 6 rings (SSSR count). The van der Waals surface area contributed by atoms with E-state index in [-0.39, 0.29) is 22.2 Å². The number of halogens is 1. The number of anilines is 2. The lowest BCUT2D eigenvalue weighted by molar-refractivity contribution is -0.168. The number of hydrogen-bond acceptors (Lipinski definition) is 6. The third-order valence-corrected chi connectivity index (χ3v) is 7.96. The number of benzene rings is 1. The minimum Gasteiger partial charge on any atom is -0.495 e. The summed E-state index contributed by atoms with van der Waals surface area (Å²) in [5.74, 6) is -1.47. The van der Waals surface area contributed by atoms with E-state index in [2.05, 4.69) is 10.4 Å². The molecule has 1 heterocycles. The molecular weight excluding hydrogens is 450 g/mol. The van der Waals surface area contributed by atoms with Crippen molar-refractivity contribution in [3.05, 3.63) is 45.3 Å². The summed E-state index contributed by atoms with van der Waals surface area (Å²) in [4.78, 5) is 37.0. The lowest BCUT2D eigenvalue weighted by Gasteiger charge is -2.59. The number of aromatic carboxylic acids is 1. The zero-order valence-corrected chi connectivity index (χ0v) is 18.7. The fourth-order valence-electron chi connectivity index (χ4n) is 6.65. The maximum atomic E-state index is 13.4. The molecule has 9 nitrogen and oxygen atoms in total. The second-order valence-electron chi connectivity index (χ2n) is 9.46. The van der Waals surface area contributed by atoms with Crippen LogP contribution in [0, 0.1) is 23.7 Å². The van der Waals surface area contributed by atoms with Gasteiger partial charge in [0.05, 0.1) is 41.7 Å². The number of aromatic nitrogens is 2. The molecule has 1 aromatic carbocycles. The van der Waals surface area contributed by atoms with E-state index in [0.29, 0.717) is 36.1 Å². The summed E-state index contributed by atoms with van der Waals surface area (Å²) in [6.07, 6.45) is 5.47. The number of carboxylic acids is 2. The summed E-state index contributed by atoms with van der Waals surface area (Å²) >= 11 is 6.47. The minimum absolute atomic E-state index is 0.0357. The monoisotopic (exact) mass is 473 g/mol. The Morgan fingerprint density at radius 3 is 2.48 bits per heavy atom. The number of carboxylic acid groups (broad SMARTS) is 2. The second kappa shape index (κ2) is 7.76. The average molecular weight is 474 g/mol. The van der Waals surface area contributed by atoms with E-state index >= 15 is 0 Å². The first-order valence-corrected chi connectivity index (χ1v) is 11.3. The number of rotatable bonds is 6. The van der Waals surface area contributed by atoms with Gasteiger partial charge in [-0.05, 0) is 68.1 Å². The summed E-state index contributed by atoms with van der Waals surface area (Å²) in [7, 11) is 1.44. The van der Waals surface area contributed by atoms with E-state index in [0.717, 1.165) is 19.3 Å². The predicted octanol–water partition coefficient (Wildman–Crippen LogP) is 3.58. The van der Waals surface area contributed by atoms with E-state index in [1.807, 2.05) is 0 Å². The smallest absolute Gasteiger partial charge is 0.335 e. The summed E-state index contributed by atoms with van der Waals surface area (Å²) in [5, 5.41) is 26.6. The van der Waals surface area contributed by atoms with Gasteiger partial charge in [0.15, 0.2) is 0 Å². The fraction of sp³-hybridized carbons (Fsp3) is 0.478. The molecule has 4 aliphatic rings. The number of nitrogens with one attached hydrogen (secondary N) is 1. The van der Waals surface area contributed by atoms with Crippen molar-refractivity contribution in [1.82, 2.24) is 9.78 Å². The fourth-order valence-corrected chi connectivity index (χ4v) is 6.83. The average Bonchev–Trinajstić information content (AvgIpc) is 2.75. The van der Waals surface area contributed by atoms with Crippen LogP contribution >= 0.6 is 11.6 Å². The first-order chi connectivity index (χ1) is 15.7. The molecular formula is C23H24ClN3O6. The molecule has 10 heteroatoms. The Morgan fingerprint density at radius 2 is 1.88 bits per heavy atom. The van der Waals surface area contributed by atoms with Crippen LogP contribution in [0.3, 0.4) is 0 Å². The highest BCUT2D eigenvalue weighted by Crippen LogP contribution is 2.61. The second-order valence-corrected chi connectivity index (χ2v) is 9.84. The van der Waals surface area contributed by atoms with Gasteiger partial charge in [0, 0.05) is 0 Å². The zero-order valence-electron chi connectivity index (χ0n) is 18.0. The molecule has 4 saturated carbocycles. The summed E-state index contributed by atoms with van der Waals surface area (Å²) in [6, 6.07) is 4.28. The highest BCUT2D eigenvalue weighted by Gasteiger charge is 2.61. The van der Waals surface area contributed by atoms with Gasteiger partial charge in [-0.3, -0.25) is 9.59 Å². The van der Waals surface area contributed by atoms with Crippen LogP contribution < -0.4 is 15.6 Å². The van der Waals surface area contributed by atoms with Gasteiger partial charge in [0.2, 0.25) is 0 Å². The van der Waals surface area contributed by atoms with Gasteiger partial charge in [-0.25, -0.2) is 9.48 Å². The van der Waals surface area contributed by atoms with Crippen molar-refractivity contribution in [2.75, 3.05) is 12.4 Å². The Bertz CT molecular complexity index is 1200. The van der Waals surface area contributed by atoms with Crippen LogP contribution in [0.15, 0.2) is 29.2 Å². The number of aliphatic carboxylic acids is 1. The standard InChI is InChI=1S/C23H24ClN3O6/c1-33-17-3-2-13(21(29)30)7-15(17)26-16-10-25-27(20(28)19(16)24)23-8-11-4-12(9-23)6-14(5-11)18(23)22(31)32/h2-3,7,10-12,14,18,26H,4-6,8-9H2,1H3,(H,29,30)(H,31,32)/t11-,12-,14?,18-,23?/m0/s1. The Labute approximate surface area is 194 Å². The Kier molecular flexibility index (Phi) is 5.12. The largest absolute Gasteiger partial charge is 0.495 e. The quantitative estimate of drug-likeness (QED) is 0.580. The van der Waals surface area contributed by atoms with E-state index in [4.69, 9.17) is 16.3 Å². The molecule has 0 spiro atoms. The molecule has 0 radical (unpaired) electrons. The molecule has 0 saturated heterocycles. The van der Waals surface area contributed by atoms with Crippen LogP contribution in [-0.4, -0.2) is 39.0 Å². The third kappa shape index (κ3) is 3.37. The van der Waals surface area contributed by atoms with Gasteiger partial charge in [-0.1, -0.05) is 11.6 Å². The molecule has 3 N–H and O–H groups in total. The molecule has 4 bridgehead atoms. The van der Waals surface area contributed by atoms with Crippen molar-refractivity contribution >= 4 is 34.9 Å². The molecule has 1 aromatic heterocycles. The number of ether oxygens (including phenoxy) is 1. The van der Waals surface area contributed by atoms with E-state index in [1.54, 1.807) is 0 Å². The number of methoxy groups -OCH3 is 1. The molecule has 4 fully saturated rings. The van der Waals surface area contributed by atoms with Crippen LogP contribution in [0.1, 0.15) is 42.5 Å².